The zero-order valence-corrected chi connectivity index (χ0v) is 6.47. The molecule has 5 nitrogen and oxygen atoms in total. The van der Waals surface area contributed by atoms with Crippen LogP contribution in [0, 0.1) is 11.3 Å². The number of carboxylic acids is 1. The van der Waals surface area contributed by atoms with Crippen molar-refractivity contribution in [3.05, 3.63) is 0 Å². The standard InChI is InChI=1S/C7H10N2O3/c8-1-2-9-4-5(10)3-6(9)7(11)12/h5-6,10H,2-4H2,(H,11,12). The van der Waals surface area contributed by atoms with Gasteiger partial charge in [0.2, 0.25) is 0 Å². The second-order valence-electron chi connectivity index (χ2n) is 2.83. The molecule has 0 saturated carbocycles. The van der Waals surface area contributed by atoms with Crippen LogP contribution in [0.1, 0.15) is 6.42 Å². The fraction of sp³-hybridized carbons (Fsp3) is 0.714. The topological polar surface area (TPSA) is 84.6 Å². The number of carbonyl (C=O) groups is 1. The molecule has 0 aromatic carbocycles. The van der Waals surface area contributed by atoms with Gasteiger partial charge in [0.15, 0.2) is 0 Å². The highest BCUT2D eigenvalue weighted by atomic mass is 16.4. The van der Waals surface area contributed by atoms with Crippen molar-refractivity contribution >= 4 is 5.97 Å². The van der Waals surface area contributed by atoms with Gasteiger partial charge in [0, 0.05) is 13.0 Å². The maximum atomic E-state index is 10.6. The van der Waals surface area contributed by atoms with E-state index in [9.17, 15) is 4.79 Å². The van der Waals surface area contributed by atoms with Crippen LogP contribution in [0.15, 0.2) is 0 Å². The van der Waals surface area contributed by atoms with Crippen LogP contribution >= 0.6 is 0 Å². The van der Waals surface area contributed by atoms with Crippen LogP contribution in [-0.4, -0.2) is 46.3 Å². The van der Waals surface area contributed by atoms with Gasteiger partial charge in [0.25, 0.3) is 0 Å². The molecule has 1 heterocycles. The first-order valence-corrected chi connectivity index (χ1v) is 3.67. The lowest BCUT2D eigenvalue weighted by atomic mass is 10.2. The Bertz CT molecular complexity index is 223. The molecule has 0 radical (unpaired) electrons. The van der Waals surface area contributed by atoms with Crippen molar-refractivity contribution in [3.8, 4) is 6.07 Å². The monoisotopic (exact) mass is 170 g/mol. The number of likely N-dealkylation sites (tertiary alicyclic amines) is 1. The quantitative estimate of drug-likeness (QED) is 0.521. The SMILES string of the molecule is N#CCN1CC(O)CC1C(=O)O. The summed E-state index contributed by atoms with van der Waals surface area (Å²) < 4.78 is 0. The van der Waals surface area contributed by atoms with Crippen LogP contribution in [0.2, 0.25) is 0 Å². The first-order chi connectivity index (χ1) is 5.65. The Balaban J connectivity index is 2.60. The number of hydrogen-bond donors (Lipinski definition) is 2. The molecule has 1 aliphatic rings. The third kappa shape index (κ3) is 1.72. The number of aliphatic hydroxyl groups is 1. The molecule has 1 aliphatic heterocycles. The summed E-state index contributed by atoms with van der Waals surface area (Å²) in [7, 11) is 0. The molecule has 0 aliphatic carbocycles. The Morgan fingerprint density at radius 1 is 1.75 bits per heavy atom. The van der Waals surface area contributed by atoms with E-state index in [2.05, 4.69) is 0 Å². The van der Waals surface area contributed by atoms with Crippen LogP contribution < -0.4 is 0 Å². The molecule has 5 heteroatoms. The number of nitrogens with zero attached hydrogens (tertiary/aromatic N) is 2. The lowest BCUT2D eigenvalue weighted by Gasteiger charge is -2.15. The minimum Gasteiger partial charge on any atom is -0.480 e. The van der Waals surface area contributed by atoms with E-state index < -0.39 is 18.1 Å². The summed E-state index contributed by atoms with van der Waals surface area (Å²) in [6, 6.07) is 1.17. The fourth-order valence-corrected chi connectivity index (χ4v) is 1.40. The smallest absolute Gasteiger partial charge is 0.321 e. The first kappa shape index (κ1) is 8.97. The van der Waals surface area contributed by atoms with E-state index in [0.717, 1.165) is 0 Å². The van der Waals surface area contributed by atoms with Gasteiger partial charge in [-0.1, -0.05) is 0 Å². The van der Waals surface area contributed by atoms with Gasteiger partial charge in [-0.05, 0) is 0 Å². The van der Waals surface area contributed by atoms with E-state index in [1.807, 2.05) is 6.07 Å². The van der Waals surface area contributed by atoms with E-state index in [-0.39, 0.29) is 19.5 Å². The minimum absolute atomic E-state index is 0.0635. The highest BCUT2D eigenvalue weighted by Crippen LogP contribution is 2.16. The normalized spacial score (nSPS) is 30.0. The average molecular weight is 170 g/mol. The highest BCUT2D eigenvalue weighted by Gasteiger charge is 2.35. The summed E-state index contributed by atoms with van der Waals surface area (Å²) in [6.07, 6.45) is -0.392. The largest absolute Gasteiger partial charge is 0.480 e. The molecule has 1 rings (SSSR count). The summed E-state index contributed by atoms with van der Waals surface area (Å²) >= 11 is 0. The zero-order chi connectivity index (χ0) is 9.14. The van der Waals surface area contributed by atoms with E-state index in [1.54, 1.807) is 0 Å². The van der Waals surface area contributed by atoms with Crippen molar-refractivity contribution in [2.75, 3.05) is 13.1 Å². The Labute approximate surface area is 69.8 Å². The molecule has 0 aromatic heterocycles. The Morgan fingerprint density at radius 3 is 2.92 bits per heavy atom. The van der Waals surface area contributed by atoms with Gasteiger partial charge in [-0.15, -0.1) is 0 Å². The Morgan fingerprint density at radius 2 is 2.42 bits per heavy atom. The van der Waals surface area contributed by atoms with Crippen molar-refractivity contribution in [1.29, 1.82) is 5.26 Å². The molecule has 2 unspecified atom stereocenters. The average Bonchev–Trinajstić information content (AvgIpc) is 2.32. The summed E-state index contributed by atoms with van der Waals surface area (Å²) in [5, 5.41) is 26.1. The van der Waals surface area contributed by atoms with Gasteiger partial charge >= 0.3 is 5.97 Å². The van der Waals surface area contributed by atoms with Gasteiger partial charge in [0.05, 0.1) is 18.7 Å². The van der Waals surface area contributed by atoms with Gasteiger partial charge in [-0.2, -0.15) is 5.26 Å². The van der Waals surface area contributed by atoms with Crippen LogP contribution in [0.3, 0.4) is 0 Å². The molecule has 1 fully saturated rings. The third-order valence-electron chi connectivity index (χ3n) is 1.94. The number of aliphatic hydroxyl groups excluding tert-OH is 1. The fourth-order valence-electron chi connectivity index (χ4n) is 1.40. The Hall–Kier alpha value is -1.12. The number of carboxylic acid groups (broad SMARTS) is 1. The van der Waals surface area contributed by atoms with Gasteiger partial charge in [-0.3, -0.25) is 9.69 Å². The minimum atomic E-state index is -0.971. The van der Waals surface area contributed by atoms with Crippen molar-refractivity contribution in [1.82, 2.24) is 4.90 Å². The predicted octanol–water partition coefficient (Wildman–Crippen LogP) is -0.970. The highest BCUT2D eigenvalue weighted by molar-refractivity contribution is 5.74. The van der Waals surface area contributed by atoms with Crippen molar-refractivity contribution in [2.24, 2.45) is 0 Å². The number of β-amino-alcohol motifs (C(OH)–C–C–N with tert-alkyl or cyclic N) is 1. The van der Waals surface area contributed by atoms with Gasteiger partial charge in [0.1, 0.15) is 6.04 Å². The number of hydrogen-bond acceptors (Lipinski definition) is 4. The molecule has 0 bridgehead atoms. The van der Waals surface area contributed by atoms with Crippen molar-refractivity contribution < 1.29 is 15.0 Å². The molecule has 0 aromatic rings. The van der Waals surface area contributed by atoms with Crippen molar-refractivity contribution in [2.45, 2.75) is 18.6 Å². The zero-order valence-electron chi connectivity index (χ0n) is 6.47. The van der Waals surface area contributed by atoms with Crippen LogP contribution in [0.4, 0.5) is 0 Å². The van der Waals surface area contributed by atoms with Crippen LogP contribution in [0.25, 0.3) is 0 Å². The molecule has 66 valence electrons. The van der Waals surface area contributed by atoms with E-state index in [0.29, 0.717) is 0 Å². The molecule has 0 spiro atoms. The molecule has 2 N–H and O–H groups in total. The van der Waals surface area contributed by atoms with Gasteiger partial charge in [-0.25, -0.2) is 0 Å². The van der Waals surface area contributed by atoms with Crippen LogP contribution in [-0.2, 0) is 4.79 Å². The maximum Gasteiger partial charge on any atom is 0.321 e. The number of nitriles is 1. The summed E-state index contributed by atoms with van der Waals surface area (Å²) in [6.45, 7) is 0.346. The molecular formula is C7H10N2O3. The third-order valence-corrected chi connectivity index (χ3v) is 1.94. The number of rotatable bonds is 2. The lowest BCUT2D eigenvalue weighted by molar-refractivity contribution is -0.142. The summed E-state index contributed by atoms with van der Waals surface area (Å²) in [4.78, 5) is 12.0. The second kappa shape index (κ2) is 3.52. The molecule has 0 amide bonds. The summed E-state index contributed by atoms with van der Waals surface area (Å²) in [5.74, 6) is -0.971. The molecule has 1 saturated heterocycles. The molecular weight excluding hydrogens is 160 g/mol. The molecule has 12 heavy (non-hydrogen) atoms. The lowest BCUT2D eigenvalue weighted by Crippen LogP contribution is -2.36. The van der Waals surface area contributed by atoms with E-state index >= 15 is 0 Å². The second-order valence-corrected chi connectivity index (χ2v) is 2.83. The van der Waals surface area contributed by atoms with E-state index in [1.165, 1.54) is 4.90 Å². The number of aliphatic carboxylic acids is 1. The molecule has 2 atom stereocenters. The first-order valence-electron chi connectivity index (χ1n) is 3.67. The van der Waals surface area contributed by atoms with E-state index in [4.69, 9.17) is 15.5 Å². The predicted molar refractivity (Wildman–Crippen MR) is 39.2 cm³/mol. The maximum absolute atomic E-state index is 10.6. The van der Waals surface area contributed by atoms with Crippen molar-refractivity contribution in [3.63, 3.8) is 0 Å². The Kier molecular flexibility index (Phi) is 2.63. The van der Waals surface area contributed by atoms with Crippen LogP contribution in [0.5, 0.6) is 0 Å². The summed E-state index contributed by atoms with van der Waals surface area (Å²) in [5.41, 5.74) is 0. The van der Waals surface area contributed by atoms with Gasteiger partial charge < -0.3 is 10.2 Å².